The molecule has 0 aliphatic carbocycles. The molecule has 3 heterocycles. The van der Waals surface area contributed by atoms with Crippen molar-refractivity contribution in [3.05, 3.63) is 27.9 Å². The summed E-state index contributed by atoms with van der Waals surface area (Å²) in [5, 5.41) is 1.32. The summed E-state index contributed by atoms with van der Waals surface area (Å²) in [4.78, 5) is 6.53. The molecular weight excluding hydrogens is 388 g/mol. The summed E-state index contributed by atoms with van der Waals surface area (Å²) < 4.78 is 6.66. The van der Waals surface area contributed by atoms with Crippen molar-refractivity contribution in [2.45, 2.75) is 58.4 Å². The molecule has 4 heteroatoms. The number of hydrogen-bond acceptors (Lipinski definition) is 2. The van der Waals surface area contributed by atoms with Crippen LogP contribution in [-0.4, -0.2) is 36.1 Å². The van der Waals surface area contributed by atoms with Gasteiger partial charge in [0, 0.05) is 35.7 Å². The first kappa shape index (κ1) is 18.4. The molecule has 2 bridgehead atoms. The van der Waals surface area contributed by atoms with Crippen molar-refractivity contribution in [3.63, 3.8) is 0 Å². The molecule has 1 N–H and O–H groups in total. The van der Waals surface area contributed by atoms with Crippen LogP contribution in [0.2, 0.25) is 0 Å². The Morgan fingerprint density at radius 2 is 2.08 bits per heavy atom. The molecule has 1 saturated heterocycles. The molecular formula is C22H31BrN2O. The van der Waals surface area contributed by atoms with Gasteiger partial charge in [-0.3, -0.25) is 4.90 Å². The highest BCUT2D eigenvalue weighted by Crippen LogP contribution is 2.42. The smallest absolute Gasteiger partial charge is 0.133 e. The van der Waals surface area contributed by atoms with E-state index in [2.05, 4.69) is 58.7 Å². The predicted molar refractivity (Wildman–Crippen MR) is 112 cm³/mol. The molecule has 2 aliphatic heterocycles. The van der Waals surface area contributed by atoms with E-state index in [4.69, 9.17) is 4.74 Å². The highest BCUT2D eigenvalue weighted by atomic mass is 79.9. The van der Waals surface area contributed by atoms with Gasteiger partial charge in [-0.15, -0.1) is 0 Å². The number of rotatable bonds is 2. The zero-order valence-corrected chi connectivity index (χ0v) is 18.0. The maximum Gasteiger partial charge on any atom is 0.133 e. The van der Waals surface area contributed by atoms with Crippen molar-refractivity contribution in [3.8, 4) is 5.75 Å². The van der Waals surface area contributed by atoms with Gasteiger partial charge in [0.25, 0.3) is 0 Å². The number of fused-ring (bicyclic) bond motifs is 5. The van der Waals surface area contributed by atoms with Gasteiger partial charge in [-0.25, -0.2) is 0 Å². The van der Waals surface area contributed by atoms with E-state index in [1.54, 1.807) is 7.11 Å². The molecule has 3 nitrogen and oxygen atoms in total. The molecule has 1 aromatic heterocycles. The third-order valence-corrected chi connectivity index (χ3v) is 7.75. The van der Waals surface area contributed by atoms with E-state index in [1.165, 1.54) is 48.0 Å². The fourth-order valence-electron chi connectivity index (χ4n) is 5.49. The number of nitrogens with one attached hydrogen (secondary N) is 1. The first-order valence-corrected chi connectivity index (χ1v) is 10.9. The van der Waals surface area contributed by atoms with Crippen LogP contribution < -0.4 is 4.74 Å². The van der Waals surface area contributed by atoms with Crippen molar-refractivity contribution < 1.29 is 4.74 Å². The molecule has 26 heavy (non-hydrogen) atoms. The van der Waals surface area contributed by atoms with E-state index in [-0.39, 0.29) is 0 Å². The SMILES string of the molecule is CCC1CC2CC(C)c3[nH]c4ccc(OC)c(Br)c4c3CCN(C2)C1C. The molecule has 1 aromatic carbocycles. The number of methoxy groups -OCH3 is 1. The van der Waals surface area contributed by atoms with Gasteiger partial charge in [-0.05, 0) is 77.6 Å². The standard InChI is InChI=1S/C22H31BrN2O/c1-5-16-11-15-10-13(2)22-17(8-9-25(12-15)14(16)3)20-18(24-22)6-7-19(26-4)21(20)23/h6-7,13-16,24H,5,8-12H2,1-4H3. The van der Waals surface area contributed by atoms with E-state index < -0.39 is 0 Å². The van der Waals surface area contributed by atoms with Crippen molar-refractivity contribution in [2.75, 3.05) is 20.2 Å². The normalized spacial score (nSPS) is 31.8. The lowest BCUT2D eigenvalue weighted by Gasteiger charge is -2.43. The molecule has 0 radical (unpaired) electrons. The Morgan fingerprint density at radius 1 is 1.27 bits per heavy atom. The van der Waals surface area contributed by atoms with E-state index in [0.717, 1.165) is 35.0 Å². The number of nitrogens with zero attached hydrogens (tertiary/aromatic N) is 1. The molecule has 142 valence electrons. The quantitative estimate of drug-likeness (QED) is 0.674. The zero-order chi connectivity index (χ0) is 18.4. The molecule has 0 amide bonds. The molecule has 1 fully saturated rings. The zero-order valence-electron chi connectivity index (χ0n) is 16.4. The van der Waals surface area contributed by atoms with Gasteiger partial charge >= 0.3 is 0 Å². The lowest BCUT2D eigenvalue weighted by molar-refractivity contribution is 0.0606. The lowest BCUT2D eigenvalue weighted by Crippen LogP contribution is -2.47. The first-order valence-electron chi connectivity index (χ1n) is 10.1. The molecule has 5 unspecified atom stereocenters. The van der Waals surface area contributed by atoms with Crippen LogP contribution in [0.3, 0.4) is 0 Å². The van der Waals surface area contributed by atoms with Crippen LogP contribution in [0.1, 0.15) is 57.2 Å². The minimum absolute atomic E-state index is 0.575. The second kappa shape index (κ2) is 7.20. The topological polar surface area (TPSA) is 28.3 Å². The molecule has 0 spiro atoms. The Kier molecular flexibility index (Phi) is 5.08. The van der Waals surface area contributed by atoms with Gasteiger partial charge in [0.05, 0.1) is 11.6 Å². The van der Waals surface area contributed by atoms with Crippen molar-refractivity contribution in [1.82, 2.24) is 9.88 Å². The predicted octanol–water partition coefficient (Wildman–Crippen LogP) is 5.73. The number of aromatic amines is 1. The van der Waals surface area contributed by atoms with Crippen LogP contribution in [0.25, 0.3) is 10.9 Å². The number of aromatic nitrogens is 1. The Balaban J connectivity index is 1.79. The summed E-state index contributed by atoms with van der Waals surface area (Å²) in [5.74, 6) is 3.17. The Hall–Kier alpha value is -1.00. The number of ether oxygens (including phenoxy) is 1. The van der Waals surface area contributed by atoms with Crippen molar-refractivity contribution in [1.29, 1.82) is 0 Å². The van der Waals surface area contributed by atoms with Crippen LogP contribution in [0.4, 0.5) is 0 Å². The van der Waals surface area contributed by atoms with Crippen LogP contribution in [0, 0.1) is 11.8 Å². The largest absolute Gasteiger partial charge is 0.496 e. The fourth-order valence-corrected chi connectivity index (χ4v) is 6.24. The van der Waals surface area contributed by atoms with E-state index in [1.807, 2.05) is 0 Å². The monoisotopic (exact) mass is 418 g/mol. The van der Waals surface area contributed by atoms with E-state index >= 15 is 0 Å². The highest BCUT2D eigenvalue weighted by Gasteiger charge is 2.35. The van der Waals surface area contributed by atoms with Crippen molar-refractivity contribution in [2.24, 2.45) is 11.8 Å². The van der Waals surface area contributed by atoms with Gasteiger partial charge in [0.2, 0.25) is 0 Å². The van der Waals surface area contributed by atoms with Crippen molar-refractivity contribution >= 4 is 26.8 Å². The number of piperidine rings is 1. The number of halogens is 1. The molecule has 5 atom stereocenters. The van der Waals surface area contributed by atoms with Crippen LogP contribution in [0.5, 0.6) is 5.75 Å². The second-order valence-electron chi connectivity index (χ2n) is 8.41. The van der Waals surface area contributed by atoms with Gasteiger partial charge < -0.3 is 9.72 Å². The van der Waals surface area contributed by atoms with E-state index in [9.17, 15) is 0 Å². The summed E-state index contributed by atoms with van der Waals surface area (Å²) in [6.45, 7) is 9.65. The van der Waals surface area contributed by atoms with Crippen LogP contribution >= 0.6 is 15.9 Å². The van der Waals surface area contributed by atoms with Gasteiger partial charge in [-0.1, -0.05) is 20.3 Å². The Morgan fingerprint density at radius 3 is 2.81 bits per heavy atom. The second-order valence-corrected chi connectivity index (χ2v) is 9.21. The summed E-state index contributed by atoms with van der Waals surface area (Å²) in [6, 6.07) is 4.93. The van der Waals surface area contributed by atoms with Crippen LogP contribution in [0.15, 0.2) is 16.6 Å². The lowest BCUT2D eigenvalue weighted by atomic mass is 9.78. The molecule has 4 rings (SSSR count). The third kappa shape index (κ3) is 2.99. The average molecular weight is 419 g/mol. The van der Waals surface area contributed by atoms with E-state index in [0.29, 0.717) is 12.0 Å². The minimum Gasteiger partial charge on any atom is -0.496 e. The summed E-state index contributed by atoms with van der Waals surface area (Å²) in [7, 11) is 1.75. The Labute approximate surface area is 165 Å². The number of H-pyrrole nitrogens is 1. The van der Waals surface area contributed by atoms with Gasteiger partial charge in [0.15, 0.2) is 0 Å². The number of hydrogen-bond donors (Lipinski definition) is 1. The third-order valence-electron chi connectivity index (χ3n) is 6.96. The maximum atomic E-state index is 5.56. The fraction of sp³-hybridized carbons (Fsp3) is 0.636. The maximum absolute atomic E-state index is 5.56. The minimum atomic E-state index is 0.575. The number of benzene rings is 1. The van der Waals surface area contributed by atoms with Gasteiger partial charge in [-0.2, -0.15) is 0 Å². The molecule has 2 aliphatic rings. The highest BCUT2D eigenvalue weighted by molar-refractivity contribution is 9.10. The molecule has 2 aromatic rings. The Bertz CT molecular complexity index is 799. The summed E-state index contributed by atoms with van der Waals surface area (Å²) >= 11 is 3.82. The van der Waals surface area contributed by atoms with Gasteiger partial charge in [0.1, 0.15) is 5.75 Å². The average Bonchev–Trinajstić information content (AvgIpc) is 3.02. The molecule has 0 saturated carbocycles. The summed E-state index contributed by atoms with van der Waals surface area (Å²) in [6.07, 6.45) is 5.10. The van der Waals surface area contributed by atoms with Crippen LogP contribution in [-0.2, 0) is 6.42 Å². The summed E-state index contributed by atoms with van der Waals surface area (Å²) in [5.41, 5.74) is 4.17. The first-order chi connectivity index (χ1) is 12.5.